The van der Waals surface area contributed by atoms with Crippen molar-refractivity contribution in [3.05, 3.63) is 53.9 Å². The van der Waals surface area contributed by atoms with Gasteiger partial charge in [-0.25, -0.2) is 9.78 Å². The molecule has 1 radical (unpaired) electrons. The van der Waals surface area contributed by atoms with Crippen molar-refractivity contribution in [3.63, 3.8) is 0 Å². The Morgan fingerprint density at radius 1 is 1.16 bits per heavy atom. The number of amides is 1. The van der Waals surface area contributed by atoms with E-state index in [4.69, 9.17) is 18.9 Å². The summed E-state index contributed by atoms with van der Waals surface area (Å²) in [7, 11) is 1.31. The molecule has 0 saturated carbocycles. The maximum atomic E-state index is 13.2. The average Bonchev–Trinajstić information content (AvgIpc) is 2.91. The molecule has 12 heteroatoms. The molecule has 201 valence electrons. The molecule has 0 aliphatic carbocycles. The summed E-state index contributed by atoms with van der Waals surface area (Å²) in [4.78, 5) is 55.3. The van der Waals surface area contributed by atoms with Crippen LogP contribution in [0.1, 0.15) is 36.8 Å². The standard InChI is InChI=1S/C26H30N2O9.Y/c1-14(2)24(31)37-22-15(3)36-26(33)18(28-23(30)20-21(29)19(34-4)10-11-27-20)13-35-25(32)17(22)12-16-8-6-5-7-9-16;/h5-11,14-15,17-18,22,29H,12-13H2,1-4H3,(H,28,30);/t15-,17+,18-,22-;/m0./s1. The fourth-order valence-corrected chi connectivity index (χ4v) is 3.74. The Morgan fingerprint density at radius 3 is 2.47 bits per heavy atom. The topological polar surface area (TPSA) is 150 Å². The van der Waals surface area contributed by atoms with E-state index in [9.17, 15) is 24.3 Å². The predicted molar refractivity (Wildman–Crippen MR) is 129 cm³/mol. The predicted octanol–water partition coefficient (Wildman–Crippen LogP) is 1.81. The van der Waals surface area contributed by atoms with Crippen molar-refractivity contribution >= 4 is 23.8 Å². The molecule has 1 aromatic carbocycles. The molecule has 2 aromatic rings. The second kappa shape index (κ2) is 14.2. The average molecular weight is 603 g/mol. The number of nitrogens with zero attached hydrogens (tertiary/aromatic N) is 1. The summed E-state index contributed by atoms with van der Waals surface area (Å²) >= 11 is 0. The van der Waals surface area contributed by atoms with Crippen LogP contribution in [0.15, 0.2) is 42.6 Å². The van der Waals surface area contributed by atoms with Gasteiger partial charge in [-0.15, -0.1) is 0 Å². The number of cyclic esters (lactones) is 2. The second-order valence-corrected chi connectivity index (χ2v) is 8.86. The summed E-state index contributed by atoms with van der Waals surface area (Å²) in [6.07, 6.45) is -0.766. The first-order valence-electron chi connectivity index (χ1n) is 11.8. The number of benzene rings is 1. The molecule has 1 aliphatic heterocycles. The van der Waals surface area contributed by atoms with Crippen molar-refractivity contribution in [2.24, 2.45) is 11.8 Å². The van der Waals surface area contributed by atoms with Crippen LogP contribution in [-0.4, -0.2) is 65.9 Å². The van der Waals surface area contributed by atoms with Crippen molar-refractivity contribution in [3.8, 4) is 11.5 Å². The third-order valence-corrected chi connectivity index (χ3v) is 5.79. The maximum Gasteiger partial charge on any atom is 0.332 e. The van der Waals surface area contributed by atoms with E-state index in [-0.39, 0.29) is 44.9 Å². The van der Waals surface area contributed by atoms with E-state index < -0.39 is 72.0 Å². The maximum absolute atomic E-state index is 13.2. The van der Waals surface area contributed by atoms with Crippen molar-refractivity contribution < 1.29 is 75.9 Å². The number of rotatable bonds is 7. The monoisotopic (exact) mass is 603 g/mol. The SMILES string of the molecule is COc1ccnc(C(=O)N[C@H]2COC(=O)[C@H](Cc3ccccc3)[C@@H](OC(=O)C(C)C)[C@H](C)OC2=O)c1O.[Y]. The fourth-order valence-electron chi connectivity index (χ4n) is 3.74. The molecule has 2 N–H and O–H groups in total. The molecular formula is C26H30N2O9Y. The number of esters is 3. The molecule has 3 rings (SSSR count). The molecule has 0 spiro atoms. The minimum Gasteiger partial charge on any atom is -0.503 e. The van der Waals surface area contributed by atoms with Gasteiger partial charge in [0.15, 0.2) is 29.3 Å². The number of carbonyl (C=O) groups is 4. The number of aromatic hydroxyl groups is 1. The summed E-state index contributed by atoms with van der Waals surface area (Å²) in [6, 6.07) is 9.01. The summed E-state index contributed by atoms with van der Waals surface area (Å²) in [6.45, 7) is 4.25. The van der Waals surface area contributed by atoms with Gasteiger partial charge in [0.05, 0.1) is 13.0 Å². The van der Waals surface area contributed by atoms with E-state index in [0.29, 0.717) is 0 Å². The van der Waals surface area contributed by atoms with Crippen LogP contribution in [-0.2, 0) is 67.7 Å². The molecule has 1 saturated heterocycles. The van der Waals surface area contributed by atoms with Gasteiger partial charge in [-0.3, -0.25) is 14.4 Å². The molecule has 1 aromatic heterocycles. The number of pyridine rings is 1. The van der Waals surface area contributed by atoms with Crippen LogP contribution in [0.2, 0.25) is 0 Å². The van der Waals surface area contributed by atoms with E-state index in [1.807, 2.05) is 30.3 Å². The number of carbonyl (C=O) groups excluding carboxylic acids is 4. The van der Waals surface area contributed by atoms with Crippen LogP contribution in [0, 0.1) is 11.8 Å². The Bertz CT molecular complexity index is 1140. The Morgan fingerprint density at radius 2 is 1.84 bits per heavy atom. The minimum atomic E-state index is -1.41. The van der Waals surface area contributed by atoms with Gasteiger partial charge in [-0.1, -0.05) is 44.2 Å². The Labute approximate surface area is 245 Å². The van der Waals surface area contributed by atoms with E-state index in [0.717, 1.165) is 5.56 Å². The molecule has 0 unspecified atom stereocenters. The Balaban J connectivity index is 0.00000507. The van der Waals surface area contributed by atoms with Gasteiger partial charge in [0.2, 0.25) is 0 Å². The number of nitrogens with one attached hydrogen (secondary N) is 1. The van der Waals surface area contributed by atoms with Gasteiger partial charge in [0.25, 0.3) is 5.91 Å². The molecule has 1 aliphatic rings. The van der Waals surface area contributed by atoms with Crippen LogP contribution in [0.5, 0.6) is 11.5 Å². The number of methoxy groups -OCH3 is 1. The zero-order valence-electron chi connectivity index (χ0n) is 21.6. The summed E-state index contributed by atoms with van der Waals surface area (Å²) in [5.41, 5.74) is 0.398. The Kier molecular flexibility index (Phi) is 11.7. The van der Waals surface area contributed by atoms with E-state index in [2.05, 4.69) is 10.3 Å². The van der Waals surface area contributed by atoms with E-state index in [1.54, 1.807) is 13.8 Å². The van der Waals surface area contributed by atoms with Crippen LogP contribution in [0.4, 0.5) is 0 Å². The van der Waals surface area contributed by atoms with E-state index in [1.165, 1.54) is 26.3 Å². The van der Waals surface area contributed by atoms with E-state index >= 15 is 0 Å². The van der Waals surface area contributed by atoms with Crippen LogP contribution >= 0.6 is 0 Å². The van der Waals surface area contributed by atoms with Crippen molar-refractivity contribution in [2.45, 2.75) is 45.4 Å². The third kappa shape index (κ3) is 7.74. The molecular weight excluding hydrogens is 573 g/mol. The number of aromatic nitrogens is 1. The molecule has 4 atom stereocenters. The van der Waals surface area contributed by atoms with Gasteiger partial charge in [0, 0.05) is 45.0 Å². The molecule has 11 nitrogen and oxygen atoms in total. The molecule has 2 heterocycles. The summed E-state index contributed by atoms with van der Waals surface area (Å²) < 4.78 is 21.5. The molecule has 0 bridgehead atoms. The van der Waals surface area contributed by atoms with Crippen molar-refractivity contribution in [1.82, 2.24) is 10.3 Å². The zero-order valence-corrected chi connectivity index (χ0v) is 24.4. The summed E-state index contributed by atoms with van der Waals surface area (Å²) in [5, 5.41) is 12.6. The first kappa shape index (κ1) is 31.2. The molecule has 1 amide bonds. The van der Waals surface area contributed by atoms with Crippen molar-refractivity contribution in [2.75, 3.05) is 13.7 Å². The Hall–Kier alpha value is -3.05. The first-order chi connectivity index (χ1) is 17.6. The van der Waals surface area contributed by atoms with Crippen LogP contribution in [0.3, 0.4) is 0 Å². The van der Waals surface area contributed by atoms with Crippen molar-refractivity contribution in [1.29, 1.82) is 0 Å². The van der Waals surface area contributed by atoms with Gasteiger partial charge in [-0.2, -0.15) is 0 Å². The zero-order chi connectivity index (χ0) is 27.1. The van der Waals surface area contributed by atoms with Gasteiger partial charge >= 0.3 is 17.9 Å². The third-order valence-electron chi connectivity index (χ3n) is 5.79. The molecule has 1 fully saturated rings. The largest absolute Gasteiger partial charge is 0.503 e. The quantitative estimate of drug-likeness (QED) is 0.354. The second-order valence-electron chi connectivity index (χ2n) is 8.86. The first-order valence-corrected chi connectivity index (χ1v) is 11.8. The fraction of sp³-hybridized carbons (Fsp3) is 0.423. The van der Waals surface area contributed by atoms with Crippen LogP contribution < -0.4 is 10.1 Å². The van der Waals surface area contributed by atoms with Gasteiger partial charge in [0.1, 0.15) is 18.6 Å². The summed E-state index contributed by atoms with van der Waals surface area (Å²) in [5.74, 6) is -5.10. The van der Waals surface area contributed by atoms with Gasteiger partial charge < -0.3 is 29.4 Å². The number of ether oxygens (including phenoxy) is 4. The van der Waals surface area contributed by atoms with Crippen LogP contribution in [0.25, 0.3) is 0 Å². The number of hydrogen-bond acceptors (Lipinski definition) is 10. The van der Waals surface area contributed by atoms with Gasteiger partial charge in [-0.05, 0) is 18.9 Å². The minimum absolute atomic E-state index is 0. The number of hydrogen-bond donors (Lipinski definition) is 2. The smallest absolute Gasteiger partial charge is 0.332 e. The normalized spacial score (nSPS) is 21.5. The molecule has 38 heavy (non-hydrogen) atoms.